The molecule has 0 N–H and O–H groups in total. The summed E-state index contributed by atoms with van der Waals surface area (Å²) in [6.07, 6.45) is 6.95. The van der Waals surface area contributed by atoms with Crippen LogP contribution in [0.3, 0.4) is 0 Å². The average Bonchev–Trinajstić information content (AvgIpc) is 3.20. The number of pyridine rings is 1. The van der Waals surface area contributed by atoms with Crippen LogP contribution in [0.15, 0.2) is 17.6 Å². The first-order chi connectivity index (χ1) is 11.8. The van der Waals surface area contributed by atoms with Crippen LogP contribution in [0.25, 0.3) is 21.3 Å². The zero-order valence-corrected chi connectivity index (χ0v) is 14.1. The lowest BCUT2D eigenvalue weighted by Gasteiger charge is -2.30. The van der Waals surface area contributed by atoms with E-state index < -0.39 is 0 Å². The van der Waals surface area contributed by atoms with Gasteiger partial charge in [0.05, 0.1) is 53.2 Å². The number of fused-ring (bicyclic) bond motifs is 3. The topological polar surface area (TPSA) is 63.7 Å². The number of imidazole rings is 1. The molecule has 3 aromatic heterocycles. The van der Waals surface area contributed by atoms with Gasteiger partial charge in [-0.05, 0) is 37.1 Å². The number of nitriles is 1. The largest absolute Gasteiger partial charge is 0.375 e. The van der Waals surface area contributed by atoms with E-state index in [2.05, 4.69) is 27.1 Å². The first kappa shape index (κ1) is 14.4. The average molecular weight is 338 g/mol. The second-order valence-electron chi connectivity index (χ2n) is 6.79. The van der Waals surface area contributed by atoms with Crippen molar-refractivity contribution in [1.29, 1.82) is 5.26 Å². The fourth-order valence-corrected chi connectivity index (χ4v) is 4.64. The molecule has 0 bridgehead atoms. The highest BCUT2D eigenvalue weighted by molar-refractivity contribution is 7.18. The van der Waals surface area contributed by atoms with E-state index in [0.29, 0.717) is 25.0 Å². The van der Waals surface area contributed by atoms with Gasteiger partial charge in [-0.25, -0.2) is 4.98 Å². The Morgan fingerprint density at radius 2 is 2.21 bits per heavy atom. The molecule has 1 aliphatic carbocycles. The van der Waals surface area contributed by atoms with Gasteiger partial charge in [-0.15, -0.1) is 11.3 Å². The van der Waals surface area contributed by atoms with Crippen LogP contribution >= 0.6 is 11.3 Å². The summed E-state index contributed by atoms with van der Waals surface area (Å²) in [5.74, 6) is 1.80. The number of hydrogen-bond acceptors (Lipinski definition) is 5. The van der Waals surface area contributed by atoms with E-state index in [1.807, 2.05) is 6.20 Å². The second kappa shape index (κ2) is 5.54. The summed E-state index contributed by atoms with van der Waals surface area (Å²) in [6.45, 7) is 0.673. The van der Waals surface area contributed by atoms with Crippen LogP contribution < -0.4 is 0 Å². The number of aromatic nitrogens is 3. The highest BCUT2D eigenvalue weighted by Crippen LogP contribution is 2.44. The summed E-state index contributed by atoms with van der Waals surface area (Å²) in [6, 6.07) is 4.62. The van der Waals surface area contributed by atoms with E-state index in [4.69, 9.17) is 15.0 Å². The molecule has 2 aliphatic rings. The zero-order valence-electron chi connectivity index (χ0n) is 13.3. The number of nitrogens with zero attached hydrogens (tertiary/aromatic N) is 4. The molecule has 0 aromatic carbocycles. The first-order valence-corrected chi connectivity index (χ1v) is 9.45. The summed E-state index contributed by atoms with van der Waals surface area (Å²) < 4.78 is 9.64. The molecular formula is C18H18N4OS. The Morgan fingerprint density at radius 1 is 1.29 bits per heavy atom. The second-order valence-corrected chi connectivity index (χ2v) is 7.71. The molecule has 4 heterocycles. The molecule has 0 amide bonds. The van der Waals surface area contributed by atoms with Crippen LogP contribution in [0.5, 0.6) is 0 Å². The van der Waals surface area contributed by atoms with Crippen LogP contribution in [-0.4, -0.2) is 27.2 Å². The minimum Gasteiger partial charge on any atom is -0.375 e. The summed E-state index contributed by atoms with van der Waals surface area (Å²) in [4.78, 5) is 9.49. The maximum Gasteiger partial charge on any atom is 0.113 e. The quantitative estimate of drug-likeness (QED) is 0.719. The smallest absolute Gasteiger partial charge is 0.113 e. The molecule has 2 unspecified atom stereocenters. The van der Waals surface area contributed by atoms with Crippen molar-refractivity contribution in [1.82, 2.24) is 14.5 Å². The third kappa shape index (κ3) is 2.23. The minimum absolute atomic E-state index is 0.0915. The third-order valence-electron chi connectivity index (χ3n) is 5.12. The van der Waals surface area contributed by atoms with Gasteiger partial charge < -0.3 is 9.30 Å². The predicted octanol–water partition coefficient (Wildman–Crippen LogP) is 4.16. The number of rotatable bonds is 3. The van der Waals surface area contributed by atoms with Crippen molar-refractivity contribution in [2.75, 3.05) is 6.61 Å². The lowest BCUT2D eigenvalue weighted by atomic mass is 10.0. The van der Waals surface area contributed by atoms with Crippen LogP contribution in [-0.2, 0) is 4.74 Å². The summed E-state index contributed by atoms with van der Waals surface area (Å²) >= 11 is 1.74. The molecule has 5 rings (SSSR count). The summed E-state index contributed by atoms with van der Waals surface area (Å²) in [5.41, 5.74) is 3.28. The van der Waals surface area contributed by atoms with Gasteiger partial charge in [0.25, 0.3) is 0 Å². The third-order valence-corrected chi connectivity index (χ3v) is 6.03. The van der Waals surface area contributed by atoms with Crippen molar-refractivity contribution in [2.24, 2.45) is 0 Å². The van der Waals surface area contributed by atoms with Crippen molar-refractivity contribution in [3.8, 4) is 6.07 Å². The Kier molecular flexibility index (Phi) is 3.32. The predicted molar refractivity (Wildman–Crippen MR) is 93.1 cm³/mol. The highest BCUT2D eigenvalue weighted by Gasteiger charge is 2.34. The van der Waals surface area contributed by atoms with E-state index in [1.165, 1.54) is 28.9 Å². The van der Waals surface area contributed by atoms with E-state index in [9.17, 15) is 0 Å². The Morgan fingerprint density at radius 3 is 2.96 bits per heavy atom. The molecule has 1 saturated carbocycles. The summed E-state index contributed by atoms with van der Waals surface area (Å²) in [7, 11) is 0. The maximum absolute atomic E-state index is 8.88. The van der Waals surface area contributed by atoms with Crippen molar-refractivity contribution >= 4 is 32.6 Å². The monoisotopic (exact) mass is 338 g/mol. The van der Waals surface area contributed by atoms with Crippen LogP contribution in [0, 0.1) is 11.3 Å². The molecule has 2 fully saturated rings. The van der Waals surface area contributed by atoms with Gasteiger partial charge in [0.2, 0.25) is 0 Å². The van der Waals surface area contributed by atoms with Gasteiger partial charge in [0.1, 0.15) is 11.3 Å². The van der Waals surface area contributed by atoms with Gasteiger partial charge in [0, 0.05) is 5.92 Å². The molecular weight excluding hydrogens is 320 g/mol. The Hall–Kier alpha value is -1.97. The van der Waals surface area contributed by atoms with E-state index in [0.717, 1.165) is 23.9 Å². The van der Waals surface area contributed by atoms with Crippen LogP contribution in [0.4, 0.5) is 0 Å². The molecule has 2 atom stereocenters. The van der Waals surface area contributed by atoms with Crippen molar-refractivity contribution in [3.05, 3.63) is 23.5 Å². The fraction of sp³-hybridized carbons (Fsp3) is 0.500. The van der Waals surface area contributed by atoms with E-state index in [1.54, 1.807) is 11.3 Å². The SMILES string of the molecule is N#CCC1CCC(n2c(C3CC3)nc3cnc4ccsc4c32)CO1. The number of ether oxygens (including phenoxy) is 1. The molecule has 1 aliphatic heterocycles. The maximum atomic E-state index is 8.88. The van der Waals surface area contributed by atoms with Gasteiger partial charge >= 0.3 is 0 Å². The van der Waals surface area contributed by atoms with Gasteiger partial charge in [0.15, 0.2) is 0 Å². The molecule has 24 heavy (non-hydrogen) atoms. The lowest BCUT2D eigenvalue weighted by molar-refractivity contribution is -0.00821. The minimum atomic E-state index is 0.0915. The van der Waals surface area contributed by atoms with Crippen LogP contribution in [0.1, 0.15) is 49.9 Å². The van der Waals surface area contributed by atoms with Crippen molar-refractivity contribution in [2.45, 2.75) is 50.2 Å². The van der Waals surface area contributed by atoms with E-state index >= 15 is 0 Å². The fourth-order valence-electron chi connectivity index (χ4n) is 3.75. The lowest BCUT2D eigenvalue weighted by Crippen LogP contribution is -2.28. The van der Waals surface area contributed by atoms with Gasteiger partial charge in [-0.2, -0.15) is 5.26 Å². The van der Waals surface area contributed by atoms with Crippen molar-refractivity contribution in [3.63, 3.8) is 0 Å². The van der Waals surface area contributed by atoms with Gasteiger partial charge in [-0.3, -0.25) is 4.98 Å². The molecule has 6 heteroatoms. The normalized spacial score (nSPS) is 24.5. The standard InChI is InChI=1S/C18H18N4OS/c19-7-5-13-4-3-12(10-23-13)22-16-15(21-18(22)11-1-2-11)9-20-14-6-8-24-17(14)16/h6,8-9,11-13H,1-5,10H2. The number of hydrogen-bond donors (Lipinski definition) is 0. The molecule has 122 valence electrons. The molecule has 5 nitrogen and oxygen atoms in total. The first-order valence-electron chi connectivity index (χ1n) is 8.57. The molecule has 3 aromatic rings. The Balaban J connectivity index is 1.62. The molecule has 1 saturated heterocycles. The molecule has 0 radical (unpaired) electrons. The highest BCUT2D eigenvalue weighted by atomic mass is 32.1. The van der Waals surface area contributed by atoms with Crippen molar-refractivity contribution < 1.29 is 4.74 Å². The summed E-state index contributed by atoms with van der Waals surface area (Å²) in [5, 5.41) is 11.0. The Labute approximate surface area is 143 Å². The van der Waals surface area contributed by atoms with Crippen LogP contribution in [0.2, 0.25) is 0 Å². The number of thiophene rings is 1. The van der Waals surface area contributed by atoms with E-state index in [-0.39, 0.29) is 6.10 Å². The zero-order chi connectivity index (χ0) is 16.1. The van der Waals surface area contributed by atoms with Gasteiger partial charge in [-0.1, -0.05) is 0 Å². The Bertz CT molecular complexity index is 941. The molecule has 0 spiro atoms.